The molecule has 0 unspecified atom stereocenters. The van der Waals surface area contributed by atoms with Gasteiger partial charge in [0.1, 0.15) is 5.75 Å². The van der Waals surface area contributed by atoms with Crippen LogP contribution in [-0.4, -0.2) is 60.9 Å². The summed E-state index contributed by atoms with van der Waals surface area (Å²) in [5, 5.41) is 3.15. The van der Waals surface area contributed by atoms with Crippen LogP contribution in [0.4, 0.5) is 8.78 Å². The number of ether oxygens (including phenoxy) is 1. The molecule has 3 aromatic rings. The monoisotopic (exact) mass is 493 g/mol. The molecular weight excluding hydrogens is 464 g/mol. The standard InChI is InChI=1S/C28H29F2N3O3/c29-28(30)36-24-14-8-7-13-23(24)27(35)33-19-17-32(18-20-33)16-15-25(34)31-26(21-9-3-1-4-10-21)22-11-5-2-6-12-22/h1-14,26,28H,15-20H2,(H,31,34). The smallest absolute Gasteiger partial charge is 0.387 e. The molecule has 36 heavy (non-hydrogen) atoms. The van der Waals surface area contributed by atoms with Crippen LogP contribution in [0.2, 0.25) is 0 Å². The summed E-state index contributed by atoms with van der Waals surface area (Å²) >= 11 is 0. The van der Waals surface area contributed by atoms with Gasteiger partial charge < -0.3 is 15.0 Å². The van der Waals surface area contributed by atoms with Gasteiger partial charge in [0.15, 0.2) is 0 Å². The highest BCUT2D eigenvalue weighted by atomic mass is 19.3. The molecule has 0 atom stereocenters. The number of hydrogen-bond acceptors (Lipinski definition) is 4. The average Bonchev–Trinajstić information content (AvgIpc) is 2.91. The van der Waals surface area contributed by atoms with Crippen LogP contribution in [-0.2, 0) is 4.79 Å². The van der Waals surface area contributed by atoms with Crippen molar-refractivity contribution in [1.82, 2.24) is 15.1 Å². The van der Waals surface area contributed by atoms with Gasteiger partial charge in [-0.25, -0.2) is 0 Å². The highest BCUT2D eigenvalue weighted by molar-refractivity contribution is 5.97. The number of rotatable bonds is 9. The zero-order valence-corrected chi connectivity index (χ0v) is 19.9. The van der Waals surface area contributed by atoms with Gasteiger partial charge in [0.05, 0.1) is 11.6 Å². The molecule has 8 heteroatoms. The van der Waals surface area contributed by atoms with Crippen LogP contribution in [0.1, 0.15) is 33.9 Å². The molecule has 0 saturated carbocycles. The van der Waals surface area contributed by atoms with Crippen molar-refractivity contribution >= 4 is 11.8 Å². The van der Waals surface area contributed by atoms with Crippen molar-refractivity contribution in [2.45, 2.75) is 19.1 Å². The maximum Gasteiger partial charge on any atom is 0.387 e. The van der Waals surface area contributed by atoms with E-state index in [4.69, 9.17) is 0 Å². The van der Waals surface area contributed by atoms with E-state index in [9.17, 15) is 18.4 Å². The summed E-state index contributed by atoms with van der Waals surface area (Å²) in [7, 11) is 0. The average molecular weight is 494 g/mol. The lowest BCUT2D eigenvalue weighted by Gasteiger charge is -2.35. The molecule has 0 aliphatic carbocycles. The van der Waals surface area contributed by atoms with Gasteiger partial charge in [-0.3, -0.25) is 14.5 Å². The third kappa shape index (κ3) is 6.66. The molecule has 3 aromatic carbocycles. The number of halogens is 2. The number of piperazine rings is 1. The summed E-state index contributed by atoms with van der Waals surface area (Å²) in [4.78, 5) is 29.5. The molecule has 1 aliphatic rings. The highest BCUT2D eigenvalue weighted by Crippen LogP contribution is 2.23. The Morgan fingerprint density at radius 1 is 0.806 bits per heavy atom. The molecule has 6 nitrogen and oxygen atoms in total. The van der Waals surface area contributed by atoms with Crippen molar-refractivity contribution in [2.24, 2.45) is 0 Å². The van der Waals surface area contributed by atoms with E-state index in [2.05, 4.69) is 15.0 Å². The Morgan fingerprint density at radius 3 is 1.94 bits per heavy atom. The summed E-state index contributed by atoms with van der Waals surface area (Å²) < 4.78 is 29.9. The second-order valence-electron chi connectivity index (χ2n) is 8.58. The topological polar surface area (TPSA) is 61.9 Å². The van der Waals surface area contributed by atoms with Crippen molar-refractivity contribution in [3.8, 4) is 5.75 Å². The van der Waals surface area contributed by atoms with Crippen LogP contribution < -0.4 is 10.1 Å². The molecule has 1 N–H and O–H groups in total. The Bertz CT molecular complexity index is 1100. The van der Waals surface area contributed by atoms with Crippen LogP contribution in [0.25, 0.3) is 0 Å². The highest BCUT2D eigenvalue weighted by Gasteiger charge is 2.25. The number of para-hydroxylation sites is 1. The number of carbonyl (C=O) groups excluding carboxylic acids is 2. The zero-order valence-electron chi connectivity index (χ0n) is 19.9. The van der Waals surface area contributed by atoms with Gasteiger partial charge in [-0.15, -0.1) is 0 Å². The van der Waals surface area contributed by atoms with E-state index in [0.717, 1.165) is 11.1 Å². The van der Waals surface area contributed by atoms with Crippen molar-refractivity contribution < 1.29 is 23.1 Å². The number of alkyl halides is 2. The molecule has 0 spiro atoms. The summed E-state index contributed by atoms with van der Waals surface area (Å²) in [5.74, 6) is -0.510. The van der Waals surface area contributed by atoms with E-state index < -0.39 is 6.61 Å². The molecule has 1 aliphatic heterocycles. The first-order chi connectivity index (χ1) is 17.5. The van der Waals surface area contributed by atoms with Crippen molar-refractivity contribution in [2.75, 3.05) is 32.7 Å². The number of nitrogens with one attached hydrogen (secondary N) is 1. The predicted molar refractivity (Wildman–Crippen MR) is 133 cm³/mol. The van der Waals surface area contributed by atoms with E-state index >= 15 is 0 Å². The van der Waals surface area contributed by atoms with E-state index in [1.807, 2.05) is 60.7 Å². The van der Waals surface area contributed by atoms with Crippen LogP contribution in [0.15, 0.2) is 84.9 Å². The second-order valence-corrected chi connectivity index (χ2v) is 8.58. The summed E-state index contributed by atoms with van der Waals surface area (Å²) in [5.41, 5.74) is 2.15. The minimum atomic E-state index is -3.00. The molecule has 188 valence electrons. The lowest BCUT2D eigenvalue weighted by Crippen LogP contribution is -2.49. The molecule has 1 saturated heterocycles. The van der Waals surface area contributed by atoms with E-state index in [0.29, 0.717) is 39.1 Å². The minimum Gasteiger partial charge on any atom is -0.434 e. The predicted octanol–water partition coefficient (Wildman–Crippen LogP) is 4.34. The van der Waals surface area contributed by atoms with Crippen molar-refractivity contribution in [3.63, 3.8) is 0 Å². The number of nitrogens with zero attached hydrogens (tertiary/aromatic N) is 2. The second kappa shape index (κ2) is 12.3. The molecule has 1 heterocycles. The fraction of sp³-hybridized carbons (Fsp3) is 0.286. The minimum absolute atomic E-state index is 0.0516. The molecule has 0 radical (unpaired) electrons. The fourth-order valence-electron chi connectivity index (χ4n) is 4.33. The van der Waals surface area contributed by atoms with Gasteiger partial charge in [-0.2, -0.15) is 8.78 Å². The normalized spacial score (nSPS) is 14.2. The Hall–Kier alpha value is -3.78. The maximum atomic E-state index is 12.9. The fourth-order valence-corrected chi connectivity index (χ4v) is 4.33. The SMILES string of the molecule is O=C(CCN1CCN(C(=O)c2ccccc2OC(F)F)CC1)NC(c1ccccc1)c1ccccc1. The maximum absolute atomic E-state index is 12.9. The Kier molecular flexibility index (Phi) is 8.62. The summed E-state index contributed by atoms with van der Waals surface area (Å²) in [6.45, 7) is -0.351. The van der Waals surface area contributed by atoms with E-state index in [1.165, 1.54) is 12.1 Å². The van der Waals surface area contributed by atoms with Crippen LogP contribution >= 0.6 is 0 Å². The van der Waals surface area contributed by atoms with E-state index in [-0.39, 0.29) is 29.2 Å². The number of hydrogen-bond donors (Lipinski definition) is 1. The van der Waals surface area contributed by atoms with Gasteiger partial charge >= 0.3 is 6.61 Å². The van der Waals surface area contributed by atoms with Crippen LogP contribution in [0.5, 0.6) is 5.75 Å². The van der Waals surface area contributed by atoms with Gasteiger partial charge in [0.25, 0.3) is 5.91 Å². The first-order valence-corrected chi connectivity index (χ1v) is 12.0. The molecule has 1 fully saturated rings. The third-order valence-electron chi connectivity index (χ3n) is 6.22. The van der Waals surface area contributed by atoms with Crippen molar-refractivity contribution in [1.29, 1.82) is 0 Å². The first kappa shape index (κ1) is 25.3. The molecule has 0 aromatic heterocycles. The first-order valence-electron chi connectivity index (χ1n) is 12.0. The zero-order chi connectivity index (χ0) is 25.3. The van der Waals surface area contributed by atoms with Gasteiger partial charge in [0.2, 0.25) is 5.91 Å². The molecular formula is C28H29F2N3O3. The van der Waals surface area contributed by atoms with Gasteiger partial charge in [-0.05, 0) is 23.3 Å². The molecule has 4 rings (SSSR count). The Morgan fingerprint density at radius 2 is 1.36 bits per heavy atom. The number of amides is 2. The number of carbonyl (C=O) groups is 2. The number of benzene rings is 3. The summed E-state index contributed by atoms with van der Waals surface area (Å²) in [6.07, 6.45) is 0.329. The van der Waals surface area contributed by atoms with E-state index in [1.54, 1.807) is 17.0 Å². The third-order valence-corrected chi connectivity index (χ3v) is 6.22. The Balaban J connectivity index is 1.29. The van der Waals surface area contributed by atoms with Crippen molar-refractivity contribution in [3.05, 3.63) is 102 Å². The Labute approximate surface area is 209 Å². The quantitative estimate of drug-likeness (QED) is 0.482. The molecule has 2 amide bonds. The summed E-state index contributed by atoms with van der Waals surface area (Å²) in [6, 6.07) is 25.5. The lowest BCUT2D eigenvalue weighted by molar-refractivity contribution is -0.122. The van der Waals surface area contributed by atoms with Gasteiger partial charge in [0, 0.05) is 39.1 Å². The molecule has 0 bridgehead atoms. The van der Waals surface area contributed by atoms with Crippen LogP contribution in [0, 0.1) is 0 Å². The lowest BCUT2D eigenvalue weighted by atomic mass is 9.98. The van der Waals surface area contributed by atoms with Crippen LogP contribution in [0.3, 0.4) is 0 Å². The largest absolute Gasteiger partial charge is 0.434 e. The van der Waals surface area contributed by atoms with Gasteiger partial charge in [-0.1, -0.05) is 72.8 Å².